The fraction of sp³-hybridized carbons (Fsp3) is 0.381. The van der Waals surface area contributed by atoms with Crippen molar-refractivity contribution in [1.29, 1.82) is 0 Å². The minimum Gasteiger partial charge on any atom is -0.494 e. The number of methoxy groups -OCH3 is 1. The number of hydrogen-bond donors (Lipinski definition) is 2. The average molecular weight is 415 g/mol. The number of anilines is 1. The molecule has 0 bridgehead atoms. The Bertz CT molecular complexity index is 1020. The average Bonchev–Trinajstić information content (AvgIpc) is 3.18. The number of nitrogens with zero attached hydrogens (tertiary/aromatic N) is 4. The lowest BCUT2D eigenvalue weighted by molar-refractivity contribution is -0.140. The smallest absolute Gasteiger partial charge is 0.305 e. The summed E-state index contributed by atoms with van der Waals surface area (Å²) in [7, 11) is 1.46. The van der Waals surface area contributed by atoms with Gasteiger partial charge < -0.3 is 20.1 Å². The highest BCUT2D eigenvalue weighted by atomic mass is 19.1. The van der Waals surface area contributed by atoms with Crippen LogP contribution >= 0.6 is 0 Å². The van der Waals surface area contributed by atoms with Crippen LogP contribution in [0.25, 0.3) is 16.9 Å². The molecular weight excluding hydrogens is 389 g/mol. The third-order valence-corrected chi connectivity index (χ3v) is 4.74. The summed E-state index contributed by atoms with van der Waals surface area (Å²) in [6, 6.07) is 8.93. The maximum Gasteiger partial charge on any atom is 0.305 e. The van der Waals surface area contributed by atoms with Crippen LogP contribution in [-0.2, 0) is 4.79 Å². The Hall–Kier alpha value is -3.20. The fourth-order valence-corrected chi connectivity index (χ4v) is 2.98. The van der Waals surface area contributed by atoms with Crippen molar-refractivity contribution in [3.63, 3.8) is 0 Å². The van der Waals surface area contributed by atoms with Crippen LogP contribution in [0.1, 0.15) is 13.8 Å². The summed E-state index contributed by atoms with van der Waals surface area (Å²) in [4.78, 5) is 16.2. The van der Waals surface area contributed by atoms with Gasteiger partial charge >= 0.3 is 5.97 Å². The Kier molecular flexibility index (Phi) is 6.83. The highest BCUT2D eigenvalue weighted by Crippen LogP contribution is 2.29. The van der Waals surface area contributed by atoms with Crippen LogP contribution in [0.5, 0.6) is 5.75 Å². The molecule has 160 valence electrons. The summed E-state index contributed by atoms with van der Waals surface area (Å²) < 4.78 is 21.4. The Balaban J connectivity index is 0.000000377. The zero-order chi connectivity index (χ0) is 21.7. The van der Waals surface area contributed by atoms with Gasteiger partial charge in [0.15, 0.2) is 17.2 Å². The van der Waals surface area contributed by atoms with Crippen LogP contribution in [0.15, 0.2) is 36.5 Å². The Morgan fingerprint density at radius 3 is 2.57 bits per heavy atom. The first-order valence-corrected chi connectivity index (χ1v) is 9.78. The van der Waals surface area contributed by atoms with Crippen molar-refractivity contribution in [2.24, 2.45) is 5.92 Å². The van der Waals surface area contributed by atoms with Gasteiger partial charge in [0.2, 0.25) is 0 Å². The zero-order valence-corrected chi connectivity index (χ0v) is 17.3. The van der Waals surface area contributed by atoms with Crippen molar-refractivity contribution in [1.82, 2.24) is 19.9 Å². The fourth-order valence-electron chi connectivity index (χ4n) is 2.98. The molecule has 3 heterocycles. The van der Waals surface area contributed by atoms with E-state index in [-0.39, 0.29) is 11.7 Å². The van der Waals surface area contributed by atoms with Crippen LogP contribution in [0.2, 0.25) is 0 Å². The monoisotopic (exact) mass is 415 g/mol. The van der Waals surface area contributed by atoms with E-state index in [9.17, 15) is 9.18 Å². The third kappa shape index (κ3) is 4.68. The molecule has 0 amide bonds. The molecule has 0 spiro atoms. The van der Waals surface area contributed by atoms with Crippen LogP contribution in [0.4, 0.5) is 10.2 Å². The van der Waals surface area contributed by atoms with Gasteiger partial charge in [0.25, 0.3) is 0 Å². The first kappa shape index (κ1) is 21.5. The number of benzene rings is 1. The first-order valence-electron chi connectivity index (χ1n) is 9.78. The molecule has 0 atom stereocenters. The highest BCUT2D eigenvalue weighted by molar-refractivity contribution is 5.68. The van der Waals surface area contributed by atoms with Crippen molar-refractivity contribution >= 4 is 17.4 Å². The zero-order valence-electron chi connectivity index (χ0n) is 17.3. The van der Waals surface area contributed by atoms with Crippen LogP contribution in [0.3, 0.4) is 0 Å². The van der Waals surface area contributed by atoms with Gasteiger partial charge in [0, 0.05) is 31.7 Å². The van der Waals surface area contributed by atoms with Gasteiger partial charge in [0.1, 0.15) is 5.82 Å². The number of carbonyl (C=O) groups is 1. The highest BCUT2D eigenvalue weighted by Gasteiger charge is 2.17. The van der Waals surface area contributed by atoms with Crippen molar-refractivity contribution in [2.45, 2.75) is 13.8 Å². The molecular formula is C21H26FN5O3. The molecule has 2 aromatic heterocycles. The number of halogens is 1. The number of nitrogens with one attached hydrogen (secondary N) is 1. The van der Waals surface area contributed by atoms with Crippen LogP contribution in [0, 0.1) is 11.7 Å². The van der Waals surface area contributed by atoms with Gasteiger partial charge in [0.05, 0.1) is 24.9 Å². The Labute approximate surface area is 174 Å². The van der Waals surface area contributed by atoms with E-state index in [1.807, 2.05) is 12.1 Å². The maximum atomic E-state index is 14.6. The van der Waals surface area contributed by atoms with Crippen LogP contribution < -0.4 is 15.0 Å². The number of aromatic nitrogens is 3. The predicted octanol–water partition coefficient (Wildman–Crippen LogP) is 2.68. The normalized spacial score (nSPS) is 13.8. The van der Waals surface area contributed by atoms with Gasteiger partial charge in [-0.3, -0.25) is 4.79 Å². The summed E-state index contributed by atoms with van der Waals surface area (Å²) in [6.07, 6.45) is 1.64. The largest absolute Gasteiger partial charge is 0.494 e. The van der Waals surface area contributed by atoms with Crippen LogP contribution in [-0.4, -0.2) is 59.0 Å². The van der Waals surface area contributed by atoms with Gasteiger partial charge in [-0.2, -0.15) is 0 Å². The van der Waals surface area contributed by atoms with E-state index >= 15 is 0 Å². The summed E-state index contributed by atoms with van der Waals surface area (Å²) in [5, 5.41) is 16.0. The molecule has 1 aromatic carbocycles. The second-order valence-electron chi connectivity index (χ2n) is 7.16. The molecule has 2 N–H and O–H groups in total. The van der Waals surface area contributed by atoms with E-state index in [0.717, 1.165) is 32.0 Å². The standard InChI is InChI=1S/C17H18FN5O.C4H8O2/c1-24-14-4-2-3-12(17(14)18)13-11-20-15-5-6-16(21-23(13)15)22-9-7-19-8-10-22;1-3(2)4(5)6/h2-6,11,19H,7-10H2,1H3;3H,1-2H3,(H,5,6). The van der Waals surface area contributed by atoms with Gasteiger partial charge in [-0.25, -0.2) is 13.9 Å². The van der Waals surface area contributed by atoms with Crippen molar-refractivity contribution in [2.75, 3.05) is 38.2 Å². The molecule has 9 heteroatoms. The van der Waals surface area contributed by atoms with E-state index in [2.05, 4.69) is 20.3 Å². The number of carboxylic acid groups (broad SMARTS) is 1. The second kappa shape index (κ2) is 9.53. The number of imidazole rings is 1. The molecule has 0 radical (unpaired) electrons. The molecule has 1 fully saturated rings. The maximum absolute atomic E-state index is 14.6. The SMILES string of the molecule is CC(C)C(=O)O.COc1cccc(-c2cnc3ccc(N4CCNCC4)nn23)c1F. The summed E-state index contributed by atoms with van der Waals surface area (Å²) in [5.41, 5.74) is 1.72. The molecule has 1 aliphatic rings. The second-order valence-corrected chi connectivity index (χ2v) is 7.16. The number of carboxylic acids is 1. The molecule has 0 saturated carbocycles. The molecule has 0 aliphatic carbocycles. The topological polar surface area (TPSA) is 92.0 Å². The minimum absolute atomic E-state index is 0.209. The third-order valence-electron chi connectivity index (χ3n) is 4.74. The summed E-state index contributed by atoms with van der Waals surface area (Å²) >= 11 is 0. The number of hydrogen-bond acceptors (Lipinski definition) is 6. The quantitative estimate of drug-likeness (QED) is 0.677. The summed E-state index contributed by atoms with van der Waals surface area (Å²) in [6.45, 7) is 6.94. The Morgan fingerprint density at radius 2 is 1.93 bits per heavy atom. The number of fused-ring (bicyclic) bond motifs is 1. The van der Waals surface area contributed by atoms with Gasteiger partial charge in [-0.15, -0.1) is 5.10 Å². The molecule has 4 rings (SSSR count). The molecule has 8 nitrogen and oxygen atoms in total. The van der Waals surface area contributed by atoms with E-state index in [4.69, 9.17) is 9.84 Å². The molecule has 1 aliphatic heterocycles. The molecule has 30 heavy (non-hydrogen) atoms. The summed E-state index contributed by atoms with van der Waals surface area (Å²) in [5.74, 6) is -0.302. The number of aliphatic carboxylic acids is 1. The molecule has 1 saturated heterocycles. The first-order chi connectivity index (χ1) is 14.4. The van der Waals surface area contributed by atoms with E-state index in [1.165, 1.54) is 7.11 Å². The van der Waals surface area contributed by atoms with Crippen molar-refractivity contribution in [3.05, 3.63) is 42.3 Å². The lowest BCUT2D eigenvalue weighted by atomic mass is 10.1. The van der Waals surface area contributed by atoms with Crippen molar-refractivity contribution < 1.29 is 19.0 Å². The van der Waals surface area contributed by atoms with Gasteiger partial charge in [-0.1, -0.05) is 19.9 Å². The predicted molar refractivity (Wildman–Crippen MR) is 112 cm³/mol. The molecule has 0 unspecified atom stereocenters. The number of rotatable bonds is 4. The number of piperazine rings is 1. The Morgan fingerprint density at radius 1 is 1.23 bits per heavy atom. The van der Waals surface area contributed by atoms with E-state index in [1.54, 1.807) is 42.8 Å². The van der Waals surface area contributed by atoms with Gasteiger partial charge in [-0.05, 0) is 24.3 Å². The molecule has 3 aromatic rings. The number of ether oxygens (including phenoxy) is 1. The lowest BCUT2D eigenvalue weighted by Gasteiger charge is -2.28. The lowest BCUT2D eigenvalue weighted by Crippen LogP contribution is -2.44. The van der Waals surface area contributed by atoms with Crippen molar-refractivity contribution in [3.8, 4) is 17.0 Å². The van der Waals surface area contributed by atoms with E-state index in [0.29, 0.717) is 16.9 Å². The van der Waals surface area contributed by atoms with E-state index < -0.39 is 11.8 Å². The minimum atomic E-state index is -0.741.